The number of benzene rings is 1. The lowest BCUT2D eigenvalue weighted by molar-refractivity contribution is 0.0544. The Morgan fingerprint density at radius 2 is 2.15 bits per heavy atom. The van der Waals surface area contributed by atoms with Gasteiger partial charge in [0.1, 0.15) is 11.3 Å². The zero-order valence-electron chi connectivity index (χ0n) is 7.45. The molecular formula is C10H11O3. The maximum atomic E-state index is 11.3. The van der Waals surface area contributed by atoms with Crippen LogP contribution in [0.1, 0.15) is 10.4 Å². The van der Waals surface area contributed by atoms with Crippen molar-refractivity contribution < 1.29 is 14.3 Å². The zero-order chi connectivity index (χ0) is 9.68. The smallest absolute Gasteiger partial charge is 0.341 e. The van der Waals surface area contributed by atoms with E-state index >= 15 is 0 Å². The van der Waals surface area contributed by atoms with E-state index in [1.54, 1.807) is 24.3 Å². The van der Waals surface area contributed by atoms with Crippen LogP contribution >= 0.6 is 0 Å². The molecule has 0 saturated carbocycles. The Morgan fingerprint density at radius 1 is 1.46 bits per heavy atom. The van der Waals surface area contributed by atoms with Crippen LogP contribution in [0.4, 0.5) is 0 Å². The first-order valence-electron chi connectivity index (χ1n) is 3.89. The third-order valence-corrected chi connectivity index (χ3v) is 1.56. The molecule has 0 aliphatic carbocycles. The maximum absolute atomic E-state index is 11.3. The zero-order valence-corrected chi connectivity index (χ0v) is 7.45. The van der Waals surface area contributed by atoms with E-state index in [1.807, 2.05) is 0 Å². The van der Waals surface area contributed by atoms with E-state index in [-0.39, 0.29) is 6.61 Å². The van der Waals surface area contributed by atoms with Crippen molar-refractivity contribution in [2.75, 3.05) is 13.7 Å². The Balaban J connectivity index is 2.92. The van der Waals surface area contributed by atoms with E-state index in [2.05, 4.69) is 6.92 Å². The summed E-state index contributed by atoms with van der Waals surface area (Å²) in [7, 11) is 1.51. The van der Waals surface area contributed by atoms with Crippen molar-refractivity contribution >= 4 is 5.97 Å². The Hall–Kier alpha value is -1.51. The van der Waals surface area contributed by atoms with E-state index in [1.165, 1.54) is 7.11 Å². The van der Waals surface area contributed by atoms with Crippen molar-refractivity contribution in [3.8, 4) is 5.75 Å². The highest BCUT2D eigenvalue weighted by Gasteiger charge is 2.11. The second-order valence-electron chi connectivity index (χ2n) is 2.34. The molecule has 0 aromatic heterocycles. The van der Waals surface area contributed by atoms with Crippen molar-refractivity contribution in [1.29, 1.82) is 0 Å². The Bertz CT molecular complexity index is 294. The molecule has 3 nitrogen and oxygen atoms in total. The minimum Gasteiger partial charge on any atom is -0.496 e. The number of hydrogen-bond acceptors (Lipinski definition) is 3. The predicted octanol–water partition coefficient (Wildman–Crippen LogP) is 1.69. The first kappa shape index (κ1) is 9.58. The summed E-state index contributed by atoms with van der Waals surface area (Å²) in [6.45, 7) is 3.54. The first-order chi connectivity index (χ1) is 6.29. The van der Waals surface area contributed by atoms with Gasteiger partial charge in [-0.2, -0.15) is 0 Å². The Morgan fingerprint density at radius 3 is 2.77 bits per heavy atom. The summed E-state index contributed by atoms with van der Waals surface area (Å²) in [6, 6.07) is 6.90. The Kier molecular flexibility index (Phi) is 3.31. The van der Waals surface area contributed by atoms with Crippen LogP contribution in [0.25, 0.3) is 0 Å². The molecule has 3 heteroatoms. The van der Waals surface area contributed by atoms with Gasteiger partial charge in [0.25, 0.3) is 0 Å². The minimum absolute atomic E-state index is 0.122. The molecule has 0 saturated heterocycles. The third kappa shape index (κ3) is 2.21. The van der Waals surface area contributed by atoms with E-state index < -0.39 is 5.97 Å². The average Bonchev–Trinajstić information content (AvgIpc) is 2.18. The number of para-hydroxylation sites is 1. The van der Waals surface area contributed by atoms with Crippen molar-refractivity contribution in [2.45, 2.75) is 0 Å². The number of carbonyl (C=O) groups excluding carboxylic acids is 1. The molecule has 0 unspecified atom stereocenters. The molecule has 0 spiro atoms. The fraction of sp³-hybridized carbons (Fsp3) is 0.200. The predicted molar refractivity (Wildman–Crippen MR) is 48.6 cm³/mol. The van der Waals surface area contributed by atoms with Gasteiger partial charge < -0.3 is 9.47 Å². The fourth-order valence-corrected chi connectivity index (χ4v) is 0.984. The summed E-state index contributed by atoms with van der Waals surface area (Å²) in [5, 5.41) is 0. The second-order valence-corrected chi connectivity index (χ2v) is 2.34. The SMILES string of the molecule is [CH2]COC(=O)c1ccccc1OC. The van der Waals surface area contributed by atoms with Crippen LogP contribution in [0.5, 0.6) is 5.75 Å². The van der Waals surface area contributed by atoms with Crippen LogP contribution in [0.15, 0.2) is 24.3 Å². The Labute approximate surface area is 77.3 Å². The summed E-state index contributed by atoms with van der Waals surface area (Å²) >= 11 is 0. The molecule has 69 valence electrons. The van der Waals surface area contributed by atoms with Crippen LogP contribution in [0.3, 0.4) is 0 Å². The molecule has 1 radical (unpaired) electrons. The second kappa shape index (κ2) is 4.50. The normalized spacial score (nSPS) is 9.38. The number of carbonyl (C=O) groups is 1. The topological polar surface area (TPSA) is 35.5 Å². The maximum Gasteiger partial charge on any atom is 0.341 e. The van der Waals surface area contributed by atoms with Crippen molar-refractivity contribution in [3.63, 3.8) is 0 Å². The van der Waals surface area contributed by atoms with Gasteiger partial charge >= 0.3 is 5.97 Å². The minimum atomic E-state index is -0.410. The standard InChI is InChI=1S/C10H11O3/c1-3-13-10(11)8-6-4-5-7-9(8)12-2/h4-7H,1,3H2,2H3. The molecule has 1 rings (SSSR count). The van der Waals surface area contributed by atoms with Crippen LogP contribution in [0.2, 0.25) is 0 Å². The quantitative estimate of drug-likeness (QED) is 0.662. The van der Waals surface area contributed by atoms with E-state index in [4.69, 9.17) is 9.47 Å². The number of ether oxygens (including phenoxy) is 2. The van der Waals surface area contributed by atoms with E-state index in [0.717, 1.165) is 0 Å². The van der Waals surface area contributed by atoms with Gasteiger partial charge in [-0.3, -0.25) is 0 Å². The van der Waals surface area contributed by atoms with Gasteiger partial charge in [-0.05, 0) is 19.1 Å². The molecule has 0 fully saturated rings. The number of hydrogen-bond donors (Lipinski definition) is 0. The largest absolute Gasteiger partial charge is 0.496 e. The van der Waals surface area contributed by atoms with Gasteiger partial charge in [0.05, 0.1) is 13.7 Å². The monoisotopic (exact) mass is 179 g/mol. The molecular weight excluding hydrogens is 168 g/mol. The highest BCUT2D eigenvalue weighted by molar-refractivity contribution is 5.92. The van der Waals surface area contributed by atoms with Crippen molar-refractivity contribution in [2.24, 2.45) is 0 Å². The van der Waals surface area contributed by atoms with Gasteiger partial charge in [-0.1, -0.05) is 12.1 Å². The van der Waals surface area contributed by atoms with E-state index in [9.17, 15) is 4.79 Å². The molecule has 0 bridgehead atoms. The fourth-order valence-electron chi connectivity index (χ4n) is 0.984. The third-order valence-electron chi connectivity index (χ3n) is 1.56. The number of esters is 1. The van der Waals surface area contributed by atoms with E-state index in [0.29, 0.717) is 11.3 Å². The highest BCUT2D eigenvalue weighted by Crippen LogP contribution is 2.17. The summed E-state index contributed by atoms with van der Waals surface area (Å²) in [5.74, 6) is 0.105. The van der Waals surface area contributed by atoms with Gasteiger partial charge in [0, 0.05) is 0 Å². The highest BCUT2D eigenvalue weighted by atomic mass is 16.5. The molecule has 0 aliphatic heterocycles. The van der Waals surface area contributed by atoms with Crippen LogP contribution < -0.4 is 4.74 Å². The van der Waals surface area contributed by atoms with Crippen LogP contribution in [-0.4, -0.2) is 19.7 Å². The van der Waals surface area contributed by atoms with Gasteiger partial charge in [-0.15, -0.1) is 0 Å². The number of rotatable bonds is 3. The molecule has 0 amide bonds. The van der Waals surface area contributed by atoms with Crippen LogP contribution in [0, 0.1) is 6.92 Å². The summed E-state index contributed by atoms with van der Waals surface area (Å²) in [4.78, 5) is 11.3. The summed E-state index contributed by atoms with van der Waals surface area (Å²) in [5.41, 5.74) is 0.425. The molecule has 0 heterocycles. The summed E-state index contributed by atoms with van der Waals surface area (Å²) in [6.07, 6.45) is 0. The molecule has 0 N–H and O–H groups in total. The van der Waals surface area contributed by atoms with Crippen LogP contribution in [-0.2, 0) is 4.74 Å². The molecule has 1 aromatic rings. The molecule has 13 heavy (non-hydrogen) atoms. The number of methoxy groups -OCH3 is 1. The van der Waals surface area contributed by atoms with Gasteiger partial charge in [0.15, 0.2) is 0 Å². The molecule has 0 aliphatic rings. The van der Waals surface area contributed by atoms with Gasteiger partial charge in [-0.25, -0.2) is 4.79 Å². The molecule has 1 aromatic carbocycles. The lowest BCUT2D eigenvalue weighted by Crippen LogP contribution is -2.06. The average molecular weight is 179 g/mol. The first-order valence-corrected chi connectivity index (χ1v) is 3.89. The molecule has 0 atom stereocenters. The van der Waals surface area contributed by atoms with Crippen molar-refractivity contribution in [1.82, 2.24) is 0 Å². The lowest BCUT2D eigenvalue weighted by Gasteiger charge is -2.06. The van der Waals surface area contributed by atoms with Crippen molar-refractivity contribution in [3.05, 3.63) is 36.8 Å². The lowest BCUT2D eigenvalue weighted by atomic mass is 10.2. The summed E-state index contributed by atoms with van der Waals surface area (Å²) < 4.78 is 9.73. The van der Waals surface area contributed by atoms with Gasteiger partial charge in [0.2, 0.25) is 0 Å².